The molecule has 0 bridgehead atoms. The van der Waals surface area contributed by atoms with Gasteiger partial charge in [0.05, 0.1) is 19.3 Å². The molecule has 0 aromatic rings. The molecule has 0 saturated carbocycles. The molecular formula is C12H23NO3. The zero-order valence-electron chi connectivity index (χ0n) is 10.9. The number of esters is 1. The van der Waals surface area contributed by atoms with Crippen molar-refractivity contribution in [2.75, 3.05) is 20.2 Å². The second-order valence-electron chi connectivity index (χ2n) is 4.78. The maximum atomic E-state index is 11.9. The molecule has 16 heavy (non-hydrogen) atoms. The number of morpholine rings is 1. The first-order valence-electron chi connectivity index (χ1n) is 5.93. The van der Waals surface area contributed by atoms with Crippen LogP contribution in [-0.2, 0) is 14.3 Å². The van der Waals surface area contributed by atoms with E-state index >= 15 is 0 Å². The van der Waals surface area contributed by atoms with Crippen molar-refractivity contribution >= 4 is 5.97 Å². The third-order valence-corrected chi connectivity index (χ3v) is 3.43. The molecule has 1 aliphatic rings. The average molecular weight is 229 g/mol. The summed E-state index contributed by atoms with van der Waals surface area (Å²) in [5.41, 5.74) is -0.527. The summed E-state index contributed by atoms with van der Waals surface area (Å²) in [7, 11) is 1.45. The smallest absolute Gasteiger partial charge is 0.325 e. The first kappa shape index (κ1) is 13.5. The molecule has 0 amide bonds. The third kappa shape index (κ3) is 2.55. The monoisotopic (exact) mass is 229 g/mol. The van der Waals surface area contributed by atoms with Gasteiger partial charge in [-0.05, 0) is 27.2 Å². The Bertz CT molecular complexity index is 247. The molecule has 0 N–H and O–H groups in total. The lowest BCUT2D eigenvalue weighted by Crippen LogP contribution is -2.59. The SMILES string of the molecule is CC[C@](C)(C(=O)OC)N1C[C@@H](C)O[C@@H](C)C1. The molecule has 1 saturated heterocycles. The van der Waals surface area contributed by atoms with Gasteiger partial charge in [-0.1, -0.05) is 6.92 Å². The highest BCUT2D eigenvalue weighted by Gasteiger charge is 2.41. The molecule has 0 unspecified atom stereocenters. The maximum absolute atomic E-state index is 11.9. The highest BCUT2D eigenvalue weighted by atomic mass is 16.5. The minimum absolute atomic E-state index is 0.156. The summed E-state index contributed by atoms with van der Waals surface area (Å²) in [4.78, 5) is 14.1. The fourth-order valence-corrected chi connectivity index (χ4v) is 2.30. The van der Waals surface area contributed by atoms with Crippen LogP contribution in [0.2, 0.25) is 0 Å². The molecular weight excluding hydrogens is 206 g/mol. The molecule has 0 radical (unpaired) electrons. The average Bonchev–Trinajstić information content (AvgIpc) is 2.25. The lowest BCUT2D eigenvalue weighted by atomic mass is 9.94. The first-order valence-corrected chi connectivity index (χ1v) is 5.93. The molecule has 94 valence electrons. The van der Waals surface area contributed by atoms with Crippen LogP contribution in [0.15, 0.2) is 0 Å². The Labute approximate surface area is 97.9 Å². The van der Waals surface area contributed by atoms with Crippen molar-refractivity contribution in [2.24, 2.45) is 0 Å². The van der Waals surface area contributed by atoms with Gasteiger partial charge in [0, 0.05) is 13.1 Å². The molecule has 1 fully saturated rings. The Morgan fingerprint density at radius 1 is 1.44 bits per heavy atom. The molecule has 1 rings (SSSR count). The highest BCUT2D eigenvalue weighted by molar-refractivity contribution is 5.80. The number of hydrogen-bond acceptors (Lipinski definition) is 4. The lowest BCUT2D eigenvalue weighted by Gasteiger charge is -2.44. The summed E-state index contributed by atoms with van der Waals surface area (Å²) in [5.74, 6) is -0.156. The number of rotatable bonds is 3. The van der Waals surface area contributed by atoms with Gasteiger partial charge in [0.1, 0.15) is 5.54 Å². The van der Waals surface area contributed by atoms with E-state index in [-0.39, 0.29) is 18.2 Å². The van der Waals surface area contributed by atoms with E-state index in [1.54, 1.807) is 0 Å². The van der Waals surface area contributed by atoms with E-state index in [4.69, 9.17) is 9.47 Å². The normalized spacial score (nSPS) is 30.8. The van der Waals surface area contributed by atoms with E-state index in [1.807, 2.05) is 27.7 Å². The minimum atomic E-state index is -0.527. The van der Waals surface area contributed by atoms with Gasteiger partial charge in [0.25, 0.3) is 0 Å². The van der Waals surface area contributed by atoms with Crippen LogP contribution in [0.5, 0.6) is 0 Å². The van der Waals surface area contributed by atoms with Gasteiger partial charge in [0.2, 0.25) is 0 Å². The molecule has 3 atom stereocenters. The van der Waals surface area contributed by atoms with Gasteiger partial charge in [0.15, 0.2) is 0 Å². The van der Waals surface area contributed by atoms with Crippen LogP contribution in [0, 0.1) is 0 Å². The molecule has 1 heterocycles. The molecule has 1 aliphatic heterocycles. The topological polar surface area (TPSA) is 38.8 Å². The van der Waals surface area contributed by atoms with Crippen LogP contribution in [0.3, 0.4) is 0 Å². The van der Waals surface area contributed by atoms with Crippen LogP contribution in [0.4, 0.5) is 0 Å². The summed E-state index contributed by atoms with van der Waals surface area (Å²) in [6.07, 6.45) is 1.08. The van der Waals surface area contributed by atoms with E-state index < -0.39 is 5.54 Å². The summed E-state index contributed by atoms with van der Waals surface area (Å²) in [5, 5.41) is 0. The Kier molecular flexibility index (Phi) is 4.33. The first-order chi connectivity index (χ1) is 7.43. The second-order valence-corrected chi connectivity index (χ2v) is 4.78. The van der Waals surface area contributed by atoms with E-state index in [2.05, 4.69) is 4.90 Å². The van der Waals surface area contributed by atoms with Crippen molar-refractivity contribution in [3.63, 3.8) is 0 Å². The van der Waals surface area contributed by atoms with Gasteiger partial charge in [-0.25, -0.2) is 0 Å². The molecule has 0 aromatic carbocycles. The molecule has 4 nitrogen and oxygen atoms in total. The quantitative estimate of drug-likeness (QED) is 0.686. The standard InChI is InChI=1S/C12H23NO3/c1-6-12(4,11(14)15-5)13-7-9(2)16-10(3)8-13/h9-10H,6-8H2,1-5H3/t9-,10+,12-/m1/s1. The Morgan fingerprint density at radius 2 is 1.94 bits per heavy atom. The van der Waals surface area contributed by atoms with Crippen LogP contribution in [0.25, 0.3) is 0 Å². The molecule has 4 heteroatoms. The van der Waals surface area contributed by atoms with Crippen molar-refractivity contribution in [3.05, 3.63) is 0 Å². The van der Waals surface area contributed by atoms with Gasteiger partial charge >= 0.3 is 5.97 Å². The van der Waals surface area contributed by atoms with Crippen molar-refractivity contribution in [1.29, 1.82) is 0 Å². The number of hydrogen-bond donors (Lipinski definition) is 0. The van der Waals surface area contributed by atoms with Gasteiger partial charge in [-0.15, -0.1) is 0 Å². The van der Waals surface area contributed by atoms with Crippen LogP contribution >= 0.6 is 0 Å². The fourth-order valence-electron chi connectivity index (χ4n) is 2.30. The third-order valence-electron chi connectivity index (χ3n) is 3.43. The largest absolute Gasteiger partial charge is 0.468 e. The molecule has 0 spiro atoms. The van der Waals surface area contributed by atoms with Crippen molar-refractivity contribution in [2.45, 2.75) is 51.9 Å². The Hall–Kier alpha value is -0.610. The summed E-state index contributed by atoms with van der Waals surface area (Å²) >= 11 is 0. The lowest BCUT2D eigenvalue weighted by molar-refractivity contribution is -0.163. The van der Waals surface area contributed by atoms with Crippen LogP contribution in [0.1, 0.15) is 34.1 Å². The summed E-state index contributed by atoms with van der Waals surface area (Å²) < 4.78 is 10.6. The van der Waals surface area contributed by atoms with E-state index in [0.717, 1.165) is 19.5 Å². The Morgan fingerprint density at radius 3 is 2.31 bits per heavy atom. The minimum Gasteiger partial charge on any atom is -0.468 e. The number of carbonyl (C=O) groups is 1. The number of carbonyl (C=O) groups excluding carboxylic acids is 1. The van der Waals surface area contributed by atoms with E-state index in [0.29, 0.717) is 0 Å². The molecule has 0 aromatic heterocycles. The second kappa shape index (κ2) is 5.15. The Balaban J connectivity index is 2.83. The van der Waals surface area contributed by atoms with Crippen LogP contribution < -0.4 is 0 Å². The number of nitrogens with zero attached hydrogens (tertiary/aromatic N) is 1. The summed E-state index contributed by atoms with van der Waals surface area (Å²) in [6.45, 7) is 9.60. The number of ether oxygens (including phenoxy) is 2. The van der Waals surface area contributed by atoms with Crippen molar-refractivity contribution in [3.8, 4) is 0 Å². The summed E-state index contributed by atoms with van der Waals surface area (Å²) in [6, 6.07) is 0. The maximum Gasteiger partial charge on any atom is 0.325 e. The van der Waals surface area contributed by atoms with Gasteiger partial charge < -0.3 is 9.47 Å². The van der Waals surface area contributed by atoms with Crippen molar-refractivity contribution < 1.29 is 14.3 Å². The predicted molar refractivity (Wildman–Crippen MR) is 62.3 cm³/mol. The van der Waals surface area contributed by atoms with Crippen molar-refractivity contribution in [1.82, 2.24) is 4.90 Å². The van der Waals surface area contributed by atoms with E-state index in [1.165, 1.54) is 7.11 Å². The fraction of sp³-hybridized carbons (Fsp3) is 0.917. The predicted octanol–water partition coefficient (Wildman–Crippen LogP) is 1.44. The molecule has 0 aliphatic carbocycles. The van der Waals surface area contributed by atoms with Gasteiger partial charge in [-0.2, -0.15) is 0 Å². The zero-order chi connectivity index (χ0) is 12.3. The highest BCUT2D eigenvalue weighted by Crippen LogP contribution is 2.25. The van der Waals surface area contributed by atoms with Gasteiger partial charge in [-0.3, -0.25) is 9.69 Å². The number of methoxy groups -OCH3 is 1. The van der Waals surface area contributed by atoms with Crippen LogP contribution in [-0.4, -0.2) is 48.8 Å². The van der Waals surface area contributed by atoms with E-state index in [9.17, 15) is 4.79 Å². The zero-order valence-corrected chi connectivity index (χ0v) is 10.9.